The predicted molar refractivity (Wildman–Crippen MR) is 58.4 cm³/mol. The van der Waals surface area contributed by atoms with Gasteiger partial charge in [0, 0.05) is 6.54 Å². The third-order valence-electron chi connectivity index (χ3n) is 2.48. The fraction of sp³-hybridized carbons (Fsp3) is 0.900. The largest absolute Gasteiger partial charge is 0.394 e. The van der Waals surface area contributed by atoms with Gasteiger partial charge in [-0.2, -0.15) is 0 Å². The van der Waals surface area contributed by atoms with E-state index in [0.717, 1.165) is 0 Å². The molecule has 15 heavy (non-hydrogen) atoms. The van der Waals surface area contributed by atoms with Gasteiger partial charge in [0.25, 0.3) is 0 Å². The molecule has 0 unspecified atom stereocenters. The lowest BCUT2D eigenvalue weighted by molar-refractivity contribution is -0.126. The highest BCUT2D eigenvalue weighted by atomic mass is 16.5. The normalized spacial score (nSPS) is 11.5. The lowest BCUT2D eigenvalue weighted by atomic mass is 9.93. The molecule has 0 bridgehead atoms. The molecule has 4 N–H and O–H groups in total. The first-order valence-corrected chi connectivity index (χ1v) is 5.36. The van der Waals surface area contributed by atoms with Crippen LogP contribution in [0.15, 0.2) is 0 Å². The molecule has 0 aromatic heterocycles. The van der Waals surface area contributed by atoms with Crippen LogP contribution in [0.25, 0.3) is 0 Å². The third-order valence-corrected chi connectivity index (χ3v) is 2.48. The molecule has 5 heteroatoms. The van der Waals surface area contributed by atoms with Crippen molar-refractivity contribution >= 4 is 5.91 Å². The van der Waals surface area contributed by atoms with Crippen molar-refractivity contribution in [1.82, 2.24) is 5.32 Å². The predicted octanol–water partition coefficient (Wildman–Crippen LogP) is -0.371. The highest BCUT2D eigenvalue weighted by Gasteiger charge is 2.29. The minimum absolute atomic E-state index is 0.00130. The Balaban J connectivity index is 3.73. The van der Waals surface area contributed by atoms with Gasteiger partial charge < -0.3 is 20.9 Å². The Morgan fingerprint density at radius 3 is 2.47 bits per heavy atom. The Kier molecular flexibility index (Phi) is 7.29. The molecule has 0 fully saturated rings. The molecule has 0 aliphatic rings. The number of aliphatic hydroxyl groups excluding tert-OH is 1. The fourth-order valence-electron chi connectivity index (χ4n) is 1.15. The van der Waals surface area contributed by atoms with E-state index in [2.05, 4.69) is 5.32 Å². The summed E-state index contributed by atoms with van der Waals surface area (Å²) in [7, 11) is 0. The molecular formula is C10H22N2O3. The van der Waals surface area contributed by atoms with Crippen LogP contribution in [-0.4, -0.2) is 42.9 Å². The van der Waals surface area contributed by atoms with Crippen molar-refractivity contribution in [1.29, 1.82) is 0 Å². The van der Waals surface area contributed by atoms with E-state index < -0.39 is 5.54 Å². The molecule has 0 radical (unpaired) electrons. The van der Waals surface area contributed by atoms with Crippen LogP contribution in [0.5, 0.6) is 0 Å². The van der Waals surface area contributed by atoms with Crippen LogP contribution >= 0.6 is 0 Å². The lowest BCUT2D eigenvalue weighted by Gasteiger charge is -2.25. The summed E-state index contributed by atoms with van der Waals surface area (Å²) in [6.45, 7) is 4.91. The summed E-state index contributed by atoms with van der Waals surface area (Å²) in [5.41, 5.74) is 5.12. The molecule has 90 valence electrons. The lowest BCUT2D eigenvalue weighted by Crippen LogP contribution is -2.53. The van der Waals surface area contributed by atoms with Crippen molar-refractivity contribution in [2.45, 2.75) is 32.2 Å². The number of nitrogens with two attached hydrogens (primary N) is 1. The van der Waals surface area contributed by atoms with Crippen molar-refractivity contribution in [3.05, 3.63) is 0 Å². The van der Waals surface area contributed by atoms with Crippen LogP contribution in [0, 0.1) is 0 Å². The molecule has 0 atom stereocenters. The van der Waals surface area contributed by atoms with E-state index in [1.165, 1.54) is 0 Å². The standard InChI is InChI=1S/C10H22N2O3/c1-3-10(11,4-2)9(14)12-5-7-15-8-6-13/h13H,3-8,11H2,1-2H3,(H,12,14). The minimum Gasteiger partial charge on any atom is -0.394 e. The van der Waals surface area contributed by atoms with Gasteiger partial charge in [-0.1, -0.05) is 13.8 Å². The number of ether oxygens (including phenoxy) is 1. The van der Waals surface area contributed by atoms with Crippen LogP contribution in [0.2, 0.25) is 0 Å². The topological polar surface area (TPSA) is 84.6 Å². The van der Waals surface area contributed by atoms with Crippen LogP contribution < -0.4 is 11.1 Å². The van der Waals surface area contributed by atoms with Gasteiger partial charge in [0.1, 0.15) is 0 Å². The number of aliphatic hydroxyl groups is 1. The van der Waals surface area contributed by atoms with Crippen molar-refractivity contribution in [2.75, 3.05) is 26.4 Å². The summed E-state index contributed by atoms with van der Waals surface area (Å²) in [6, 6.07) is 0. The van der Waals surface area contributed by atoms with Gasteiger partial charge in [0.2, 0.25) is 5.91 Å². The van der Waals surface area contributed by atoms with E-state index in [4.69, 9.17) is 15.6 Å². The van der Waals surface area contributed by atoms with Gasteiger partial charge in [-0.15, -0.1) is 0 Å². The maximum Gasteiger partial charge on any atom is 0.240 e. The maximum atomic E-state index is 11.6. The zero-order valence-corrected chi connectivity index (χ0v) is 9.58. The van der Waals surface area contributed by atoms with Gasteiger partial charge in [0.15, 0.2) is 0 Å². The number of hydrogen-bond acceptors (Lipinski definition) is 4. The van der Waals surface area contributed by atoms with E-state index >= 15 is 0 Å². The van der Waals surface area contributed by atoms with Gasteiger partial charge in [0.05, 0.1) is 25.4 Å². The van der Waals surface area contributed by atoms with Crippen LogP contribution in [0.4, 0.5) is 0 Å². The number of carbonyl (C=O) groups is 1. The molecular weight excluding hydrogens is 196 g/mol. The van der Waals surface area contributed by atoms with Gasteiger partial charge in [-0.3, -0.25) is 4.79 Å². The Bertz CT molecular complexity index is 182. The second kappa shape index (κ2) is 7.62. The van der Waals surface area contributed by atoms with Crippen LogP contribution in [0.1, 0.15) is 26.7 Å². The molecule has 1 amide bonds. The summed E-state index contributed by atoms with van der Waals surface area (Å²) in [5.74, 6) is -0.139. The monoisotopic (exact) mass is 218 g/mol. The van der Waals surface area contributed by atoms with Crippen molar-refractivity contribution in [3.63, 3.8) is 0 Å². The number of rotatable bonds is 8. The summed E-state index contributed by atoms with van der Waals surface area (Å²) in [4.78, 5) is 11.6. The zero-order chi connectivity index (χ0) is 11.7. The van der Waals surface area contributed by atoms with E-state index in [1.54, 1.807) is 0 Å². The average molecular weight is 218 g/mol. The first-order valence-electron chi connectivity index (χ1n) is 5.36. The zero-order valence-electron chi connectivity index (χ0n) is 9.58. The number of nitrogens with one attached hydrogen (secondary N) is 1. The summed E-state index contributed by atoms with van der Waals surface area (Å²) >= 11 is 0. The van der Waals surface area contributed by atoms with E-state index in [1.807, 2.05) is 13.8 Å². The Hall–Kier alpha value is -0.650. The second-order valence-corrected chi connectivity index (χ2v) is 3.46. The maximum absolute atomic E-state index is 11.6. The minimum atomic E-state index is -0.767. The molecule has 5 nitrogen and oxygen atoms in total. The van der Waals surface area contributed by atoms with Crippen molar-refractivity contribution in [2.24, 2.45) is 5.73 Å². The molecule has 0 spiro atoms. The quantitative estimate of drug-likeness (QED) is 0.485. The molecule has 0 saturated heterocycles. The summed E-state index contributed by atoms with van der Waals surface area (Å²) in [5, 5.41) is 11.2. The molecule has 0 rings (SSSR count). The smallest absolute Gasteiger partial charge is 0.240 e. The second-order valence-electron chi connectivity index (χ2n) is 3.46. The van der Waals surface area contributed by atoms with E-state index in [9.17, 15) is 4.79 Å². The third kappa shape index (κ3) is 5.11. The highest BCUT2D eigenvalue weighted by Crippen LogP contribution is 2.10. The van der Waals surface area contributed by atoms with Gasteiger partial charge in [-0.05, 0) is 12.8 Å². The molecule has 0 aromatic rings. The first-order chi connectivity index (χ1) is 7.10. The number of hydrogen-bond donors (Lipinski definition) is 3. The Morgan fingerprint density at radius 1 is 1.40 bits per heavy atom. The van der Waals surface area contributed by atoms with Crippen LogP contribution in [-0.2, 0) is 9.53 Å². The fourth-order valence-corrected chi connectivity index (χ4v) is 1.15. The Morgan fingerprint density at radius 2 is 2.00 bits per heavy atom. The SMILES string of the molecule is CCC(N)(CC)C(=O)NCCOCCO. The molecule has 0 heterocycles. The molecule has 0 aromatic carbocycles. The van der Waals surface area contributed by atoms with E-state index in [-0.39, 0.29) is 12.5 Å². The Labute approximate surface area is 91.0 Å². The van der Waals surface area contributed by atoms with E-state index in [0.29, 0.717) is 32.6 Å². The number of carbonyl (C=O) groups excluding carboxylic acids is 1. The average Bonchev–Trinajstić information content (AvgIpc) is 2.27. The van der Waals surface area contributed by atoms with Crippen molar-refractivity contribution < 1.29 is 14.6 Å². The van der Waals surface area contributed by atoms with Gasteiger partial charge >= 0.3 is 0 Å². The van der Waals surface area contributed by atoms with Crippen molar-refractivity contribution in [3.8, 4) is 0 Å². The first kappa shape index (κ1) is 14.3. The highest BCUT2D eigenvalue weighted by molar-refractivity contribution is 5.85. The molecule has 0 aliphatic heterocycles. The van der Waals surface area contributed by atoms with Crippen LogP contribution in [0.3, 0.4) is 0 Å². The summed E-state index contributed by atoms with van der Waals surface area (Å²) < 4.78 is 5.01. The summed E-state index contributed by atoms with van der Waals surface area (Å²) in [6.07, 6.45) is 1.24. The van der Waals surface area contributed by atoms with Gasteiger partial charge in [-0.25, -0.2) is 0 Å². The molecule has 0 aliphatic carbocycles. The number of amides is 1. The molecule has 0 saturated carbocycles.